The molecule has 0 radical (unpaired) electrons. The van der Waals surface area contributed by atoms with Crippen LogP contribution in [0.15, 0.2) is 24.3 Å². The number of anilines is 1. The zero-order valence-corrected chi connectivity index (χ0v) is 11.8. The van der Waals surface area contributed by atoms with Crippen LogP contribution in [0.1, 0.15) is 19.2 Å². The predicted molar refractivity (Wildman–Crippen MR) is 81.3 cm³/mol. The lowest BCUT2D eigenvalue weighted by molar-refractivity contribution is 0.205. The molecule has 0 spiro atoms. The van der Waals surface area contributed by atoms with Crippen molar-refractivity contribution in [2.75, 3.05) is 25.4 Å². The fraction of sp³-hybridized carbons (Fsp3) is 0.467. The molecule has 5 heteroatoms. The molecule has 20 heavy (non-hydrogen) atoms. The van der Waals surface area contributed by atoms with Gasteiger partial charge in [-0.05, 0) is 31.6 Å². The number of para-hydroxylation sites is 1. The average molecular weight is 271 g/mol. The summed E-state index contributed by atoms with van der Waals surface area (Å²) in [6.45, 7) is 6.10. The van der Waals surface area contributed by atoms with E-state index in [4.69, 9.17) is 5.73 Å². The van der Waals surface area contributed by atoms with Gasteiger partial charge in [0.2, 0.25) is 0 Å². The Bertz CT molecular complexity index is 592. The van der Waals surface area contributed by atoms with Crippen molar-refractivity contribution in [1.29, 1.82) is 0 Å². The Morgan fingerprint density at radius 3 is 2.95 bits per heavy atom. The molecule has 1 unspecified atom stereocenters. The Morgan fingerprint density at radius 1 is 1.35 bits per heavy atom. The van der Waals surface area contributed by atoms with Crippen LogP contribution in [0, 0.1) is 0 Å². The molecule has 5 nitrogen and oxygen atoms in total. The van der Waals surface area contributed by atoms with Gasteiger partial charge in [-0.25, -0.2) is 9.97 Å². The number of likely N-dealkylation sites (N-methyl/N-ethyl adjacent to an activating group) is 1. The standard InChI is InChI=1S/C15H21N5/c1-2-20(11-7-8-17-9-11)10-14-18-13-6-4-3-5-12(13)15(16)19-14/h3-6,11,17H,2,7-10H2,1H3,(H2,16,18,19). The molecule has 1 aliphatic heterocycles. The normalized spacial score (nSPS) is 19.0. The highest BCUT2D eigenvalue weighted by Crippen LogP contribution is 2.18. The number of nitrogens with one attached hydrogen (secondary N) is 1. The van der Waals surface area contributed by atoms with E-state index >= 15 is 0 Å². The highest BCUT2D eigenvalue weighted by atomic mass is 15.2. The molecular weight excluding hydrogens is 250 g/mol. The van der Waals surface area contributed by atoms with Crippen LogP contribution in [-0.4, -0.2) is 40.5 Å². The zero-order valence-electron chi connectivity index (χ0n) is 11.8. The first-order valence-corrected chi connectivity index (χ1v) is 7.24. The smallest absolute Gasteiger partial charge is 0.145 e. The molecule has 2 aromatic rings. The van der Waals surface area contributed by atoms with E-state index in [2.05, 4.69) is 27.1 Å². The highest BCUT2D eigenvalue weighted by molar-refractivity contribution is 5.87. The van der Waals surface area contributed by atoms with Crippen molar-refractivity contribution in [3.63, 3.8) is 0 Å². The van der Waals surface area contributed by atoms with E-state index in [-0.39, 0.29) is 0 Å². The molecule has 3 N–H and O–H groups in total. The molecule has 1 atom stereocenters. The molecule has 0 saturated carbocycles. The van der Waals surface area contributed by atoms with E-state index in [1.807, 2.05) is 24.3 Å². The van der Waals surface area contributed by atoms with Crippen molar-refractivity contribution in [2.45, 2.75) is 25.9 Å². The minimum absolute atomic E-state index is 0.575. The third-order valence-electron chi connectivity index (χ3n) is 3.98. The van der Waals surface area contributed by atoms with E-state index in [1.165, 1.54) is 6.42 Å². The molecule has 1 aromatic heterocycles. The first-order chi connectivity index (χ1) is 9.78. The maximum atomic E-state index is 6.05. The predicted octanol–water partition coefficient (Wildman–Crippen LogP) is 1.40. The van der Waals surface area contributed by atoms with Crippen molar-refractivity contribution < 1.29 is 0 Å². The topological polar surface area (TPSA) is 67.1 Å². The lowest BCUT2D eigenvalue weighted by atomic mass is 10.2. The van der Waals surface area contributed by atoms with E-state index < -0.39 is 0 Å². The average Bonchev–Trinajstić information content (AvgIpc) is 2.99. The van der Waals surface area contributed by atoms with Crippen molar-refractivity contribution >= 4 is 16.7 Å². The van der Waals surface area contributed by atoms with Gasteiger partial charge >= 0.3 is 0 Å². The minimum Gasteiger partial charge on any atom is -0.383 e. The van der Waals surface area contributed by atoms with Crippen LogP contribution in [0.5, 0.6) is 0 Å². The summed E-state index contributed by atoms with van der Waals surface area (Å²) in [7, 11) is 0. The third kappa shape index (κ3) is 2.59. The molecule has 106 valence electrons. The molecule has 1 saturated heterocycles. The van der Waals surface area contributed by atoms with Gasteiger partial charge in [0.05, 0.1) is 12.1 Å². The van der Waals surface area contributed by atoms with Crippen LogP contribution >= 0.6 is 0 Å². The number of nitrogen functional groups attached to an aromatic ring is 1. The molecule has 1 aliphatic rings. The van der Waals surface area contributed by atoms with Crippen molar-refractivity contribution in [2.24, 2.45) is 0 Å². The number of benzene rings is 1. The fourth-order valence-corrected chi connectivity index (χ4v) is 2.85. The number of fused-ring (bicyclic) bond motifs is 1. The number of nitrogens with zero attached hydrogens (tertiary/aromatic N) is 3. The Kier molecular flexibility index (Phi) is 3.80. The van der Waals surface area contributed by atoms with Crippen LogP contribution in [-0.2, 0) is 6.54 Å². The number of hydrogen-bond acceptors (Lipinski definition) is 5. The van der Waals surface area contributed by atoms with Gasteiger partial charge in [0.1, 0.15) is 11.6 Å². The second kappa shape index (κ2) is 5.73. The summed E-state index contributed by atoms with van der Waals surface area (Å²) in [5.74, 6) is 1.39. The van der Waals surface area contributed by atoms with E-state index in [0.717, 1.165) is 42.9 Å². The Hall–Kier alpha value is -1.72. The number of aromatic nitrogens is 2. The maximum absolute atomic E-state index is 6.05. The van der Waals surface area contributed by atoms with Crippen LogP contribution in [0.2, 0.25) is 0 Å². The minimum atomic E-state index is 0.575. The molecular formula is C15H21N5. The van der Waals surface area contributed by atoms with Crippen molar-refractivity contribution in [3.8, 4) is 0 Å². The zero-order chi connectivity index (χ0) is 13.9. The van der Waals surface area contributed by atoms with Gasteiger partial charge in [-0.1, -0.05) is 19.1 Å². The van der Waals surface area contributed by atoms with Crippen LogP contribution < -0.4 is 11.1 Å². The first-order valence-electron chi connectivity index (χ1n) is 7.24. The number of rotatable bonds is 4. The summed E-state index contributed by atoms with van der Waals surface area (Å²) >= 11 is 0. The van der Waals surface area contributed by atoms with Gasteiger partial charge < -0.3 is 11.1 Å². The van der Waals surface area contributed by atoms with Crippen molar-refractivity contribution in [1.82, 2.24) is 20.2 Å². The molecule has 0 aliphatic carbocycles. The number of nitrogens with two attached hydrogens (primary N) is 1. The van der Waals surface area contributed by atoms with Gasteiger partial charge in [0.25, 0.3) is 0 Å². The van der Waals surface area contributed by atoms with Crippen LogP contribution in [0.25, 0.3) is 10.9 Å². The number of hydrogen-bond donors (Lipinski definition) is 2. The molecule has 0 bridgehead atoms. The highest BCUT2D eigenvalue weighted by Gasteiger charge is 2.22. The van der Waals surface area contributed by atoms with E-state index in [0.29, 0.717) is 11.9 Å². The summed E-state index contributed by atoms with van der Waals surface area (Å²) in [4.78, 5) is 11.5. The van der Waals surface area contributed by atoms with Crippen molar-refractivity contribution in [3.05, 3.63) is 30.1 Å². The van der Waals surface area contributed by atoms with Crippen LogP contribution in [0.4, 0.5) is 5.82 Å². The molecule has 3 rings (SSSR count). The summed E-state index contributed by atoms with van der Waals surface area (Å²) in [6, 6.07) is 8.48. The lowest BCUT2D eigenvalue weighted by Crippen LogP contribution is -2.36. The maximum Gasteiger partial charge on any atom is 0.145 e. The quantitative estimate of drug-likeness (QED) is 0.880. The summed E-state index contributed by atoms with van der Waals surface area (Å²) in [5.41, 5.74) is 6.97. The van der Waals surface area contributed by atoms with Gasteiger partial charge in [-0.15, -0.1) is 0 Å². The Balaban J connectivity index is 1.86. The molecule has 1 fully saturated rings. The SMILES string of the molecule is CCN(Cc1nc(N)c2ccccc2n1)C1CCNC1. The van der Waals surface area contributed by atoms with Gasteiger partial charge in [0.15, 0.2) is 0 Å². The van der Waals surface area contributed by atoms with E-state index in [9.17, 15) is 0 Å². The third-order valence-corrected chi connectivity index (χ3v) is 3.98. The molecule has 0 amide bonds. The molecule has 1 aromatic carbocycles. The fourth-order valence-electron chi connectivity index (χ4n) is 2.85. The Labute approximate surface area is 119 Å². The summed E-state index contributed by atoms with van der Waals surface area (Å²) < 4.78 is 0. The second-order valence-corrected chi connectivity index (χ2v) is 5.25. The van der Waals surface area contributed by atoms with Gasteiger partial charge in [0, 0.05) is 18.0 Å². The van der Waals surface area contributed by atoms with Gasteiger partial charge in [-0.3, -0.25) is 4.90 Å². The van der Waals surface area contributed by atoms with Crippen LogP contribution in [0.3, 0.4) is 0 Å². The Morgan fingerprint density at radius 2 is 2.20 bits per heavy atom. The lowest BCUT2D eigenvalue weighted by Gasteiger charge is -2.26. The summed E-state index contributed by atoms with van der Waals surface area (Å²) in [5, 5.41) is 4.34. The largest absolute Gasteiger partial charge is 0.383 e. The first kappa shape index (κ1) is 13.3. The summed E-state index contributed by atoms with van der Waals surface area (Å²) in [6.07, 6.45) is 1.19. The van der Waals surface area contributed by atoms with E-state index in [1.54, 1.807) is 0 Å². The molecule has 2 heterocycles. The van der Waals surface area contributed by atoms with Gasteiger partial charge in [-0.2, -0.15) is 0 Å². The second-order valence-electron chi connectivity index (χ2n) is 5.25. The monoisotopic (exact) mass is 271 g/mol.